The van der Waals surface area contributed by atoms with Crippen molar-refractivity contribution in [2.45, 2.75) is 0 Å². The van der Waals surface area contributed by atoms with Gasteiger partial charge in [0.2, 0.25) is 0 Å². The Morgan fingerprint density at radius 3 is 2.86 bits per heavy atom. The third-order valence-electron chi connectivity index (χ3n) is 3.27. The molecular formula is C19H16ClN3O5. The Bertz CT molecular complexity index is 924. The molecule has 2 aromatic rings. The molecule has 0 spiro atoms. The second-order valence-electron chi connectivity index (χ2n) is 5.19. The Balaban J connectivity index is 1.88. The predicted octanol–water partition coefficient (Wildman–Crippen LogP) is 2.84. The van der Waals surface area contributed by atoms with Crippen LogP contribution in [0.2, 0.25) is 5.15 Å². The predicted molar refractivity (Wildman–Crippen MR) is 102 cm³/mol. The van der Waals surface area contributed by atoms with E-state index < -0.39 is 18.5 Å². The van der Waals surface area contributed by atoms with E-state index in [2.05, 4.69) is 10.3 Å². The number of rotatable bonds is 8. The zero-order valence-corrected chi connectivity index (χ0v) is 15.6. The van der Waals surface area contributed by atoms with Crippen molar-refractivity contribution in [3.8, 4) is 17.6 Å². The lowest BCUT2D eigenvalue weighted by atomic mass is 10.2. The van der Waals surface area contributed by atoms with Crippen molar-refractivity contribution >= 4 is 35.2 Å². The first-order valence-corrected chi connectivity index (χ1v) is 8.34. The van der Waals surface area contributed by atoms with Crippen LogP contribution in [0.4, 0.5) is 5.69 Å². The SMILES string of the molecule is COc1cc(/C=C/C(=O)OCC(=O)Nc2cccnc2Cl)ccc1OCC#N. The van der Waals surface area contributed by atoms with Gasteiger partial charge in [0.25, 0.3) is 5.91 Å². The van der Waals surface area contributed by atoms with Crippen LogP contribution in [-0.4, -0.2) is 37.2 Å². The van der Waals surface area contributed by atoms with Gasteiger partial charge in [-0.25, -0.2) is 9.78 Å². The van der Waals surface area contributed by atoms with E-state index in [1.54, 1.807) is 30.3 Å². The molecule has 0 aliphatic heterocycles. The van der Waals surface area contributed by atoms with Crippen LogP contribution in [0.25, 0.3) is 6.08 Å². The minimum absolute atomic E-state index is 0.107. The number of methoxy groups -OCH3 is 1. The summed E-state index contributed by atoms with van der Waals surface area (Å²) in [6.45, 7) is -0.581. The zero-order valence-electron chi connectivity index (χ0n) is 14.8. The maximum atomic E-state index is 11.8. The minimum atomic E-state index is -0.698. The Morgan fingerprint density at radius 1 is 1.32 bits per heavy atom. The monoisotopic (exact) mass is 401 g/mol. The van der Waals surface area contributed by atoms with Crippen molar-refractivity contribution in [1.82, 2.24) is 4.98 Å². The summed E-state index contributed by atoms with van der Waals surface area (Å²) < 4.78 is 15.3. The number of amides is 1. The molecule has 0 aliphatic rings. The minimum Gasteiger partial charge on any atom is -0.493 e. The lowest BCUT2D eigenvalue weighted by Gasteiger charge is -2.08. The third-order valence-corrected chi connectivity index (χ3v) is 3.57. The van der Waals surface area contributed by atoms with Gasteiger partial charge >= 0.3 is 5.97 Å². The summed E-state index contributed by atoms with van der Waals surface area (Å²) in [5, 5.41) is 11.2. The van der Waals surface area contributed by atoms with Crippen molar-refractivity contribution in [1.29, 1.82) is 5.26 Å². The molecule has 0 bridgehead atoms. The number of carbonyl (C=O) groups is 2. The number of nitriles is 1. The molecule has 0 fully saturated rings. The Labute approximate surface area is 166 Å². The lowest BCUT2D eigenvalue weighted by molar-refractivity contribution is -0.142. The number of ether oxygens (including phenoxy) is 3. The van der Waals surface area contributed by atoms with Crippen LogP contribution in [0.3, 0.4) is 0 Å². The van der Waals surface area contributed by atoms with Crippen molar-refractivity contribution < 1.29 is 23.8 Å². The average Bonchev–Trinajstić information content (AvgIpc) is 2.71. The largest absolute Gasteiger partial charge is 0.493 e. The number of benzene rings is 1. The van der Waals surface area contributed by atoms with E-state index in [0.717, 1.165) is 0 Å². The second kappa shape index (κ2) is 10.5. The lowest BCUT2D eigenvalue weighted by Crippen LogP contribution is -2.20. The van der Waals surface area contributed by atoms with Gasteiger partial charge in [0.15, 0.2) is 29.9 Å². The Morgan fingerprint density at radius 2 is 2.14 bits per heavy atom. The number of nitrogens with zero attached hydrogens (tertiary/aromatic N) is 2. The molecule has 2 rings (SSSR count). The fraction of sp³-hybridized carbons (Fsp3) is 0.158. The van der Waals surface area contributed by atoms with E-state index in [1.807, 2.05) is 6.07 Å². The highest BCUT2D eigenvalue weighted by molar-refractivity contribution is 6.32. The summed E-state index contributed by atoms with van der Waals surface area (Å²) in [5.41, 5.74) is 0.969. The third kappa shape index (κ3) is 6.30. The smallest absolute Gasteiger partial charge is 0.331 e. The summed E-state index contributed by atoms with van der Waals surface area (Å²) in [4.78, 5) is 27.4. The van der Waals surface area contributed by atoms with Crippen LogP contribution in [0.1, 0.15) is 5.56 Å². The highest BCUT2D eigenvalue weighted by Crippen LogP contribution is 2.28. The van der Waals surface area contributed by atoms with Crippen LogP contribution in [0.15, 0.2) is 42.6 Å². The van der Waals surface area contributed by atoms with E-state index in [1.165, 1.54) is 25.5 Å². The second-order valence-corrected chi connectivity index (χ2v) is 5.55. The van der Waals surface area contributed by atoms with Gasteiger partial charge in [-0.15, -0.1) is 0 Å². The molecule has 1 amide bonds. The van der Waals surface area contributed by atoms with Gasteiger partial charge in [0.05, 0.1) is 12.8 Å². The molecule has 28 heavy (non-hydrogen) atoms. The fourth-order valence-corrected chi connectivity index (χ4v) is 2.20. The fourth-order valence-electron chi connectivity index (χ4n) is 2.03. The Kier molecular flexibility index (Phi) is 7.81. The van der Waals surface area contributed by atoms with Crippen LogP contribution in [0, 0.1) is 11.3 Å². The molecule has 8 nitrogen and oxygen atoms in total. The molecule has 1 aromatic carbocycles. The van der Waals surface area contributed by atoms with Gasteiger partial charge in [0, 0.05) is 12.3 Å². The molecule has 1 heterocycles. The summed E-state index contributed by atoms with van der Waals surface area (Å²) in [7, 11) is 1.46. The van der Waals surface area contributed by atoms with Gasteiger partial charge in [0.1, 0.15) is 6.07 Å². The van der Waals surface area contributed by atoms with Crippen molar-refractivity contribution in [2.24, 2.45) is 0 Å². The average molecular weight is 402 g/mol. The maximum absolute atomic E-state index is 11.8. The number of aromatic nitrogens is 1. The number of halogens is 1. The number of hydrogen-bond acceptors (Lipinski definition) is 7. The van der Waals surface area contributed by atoms with Gasteiger partial charge in [-0.1, -0.05) is 17.7 Å². The van der Waals surface area contributed by atoms with E-state index in [4.69, 9.17) is 31.1 Å². The first-order valence-electron chi connectivity index (χ1n) is 7.96. The van der Waals surface area contributed by atoms with E-state index >= 15 is 0 Å². The number of anilines is 1. The number of esters is 1. The van der Waals surface area contributed by atoms with E-state index in [0.29, 0.717) is 22.7 Å². The van der Waals surface area contributed by atoms with Crippen molar-refractivity contribution in [3.63, 3.8) is 0 Å². The number of hydrogen-bond donors (Lipinski definition) is 1. The normalized spacial score (nSPS) is 10.2. The molecule has 1 N–H and O–H groups in total. The molecule has 9 heteroatoms. The van der Waals surface area contributed by atoms with Crippen LogP contribution >= 0.6 is 11.6 Å². The first-order chi connectivity index (χ1) is 13.5. The molecule has 144 valence electrons. The van der Waals surface area contributed by atoms with E-state index in [-0.39, 0.29) is 11.8 Å². The van der Waals surface area contributed by atoms with Crippen LogP contribution in [0.5, 0.6) is 11.5 Å². The molecule has 0 unspecified atom stereocenters. The van der Waals surface area contributed by atoms with Crippen LogP contribution < -0.4 is 14.8 Å². The summed E-state index contributed by atoms with van der Waals surface area (Å²) in [6, 6.07) is 9.98. The summed E-state index contributed by atoms with van der Waals surface area (Å²) in [5.74, 6) is -0.415. The van der Waals surface area contributed by atoms with E-state index in [9.17, 15) is 9.59 Å². The van der Waals surface area contributed by atoms with Gasteiger partial charge in [-0.2, -0.15) is 5.26 Å². The Hall–Kier alpha value is -3.57. The standard InChI is InChI=1S/C19H16ClN3O5/c1-26-16-11-13(4-6-15(16)27-10-8-21)5-7-18(25)28-12-17(24)23-14-3-2-9-22-19(14)20/h2-7,9,11H,10,12H2,1H3,(H,23,24)/b7-5+. The topological polar surface area (TPSA) is 111 Å². The number of nitrogens with one attached hydrogen (secondary N) is 1. The maximum Gasteiger partial charge on any atom is 0.331 e. The zero-order chi connectivity index (χ0) is 20.4. The summed E-state index contributed by atoms with van der Waals surface area (Å²) in [6.07, 6.45) is 4.16. The molecule has 0 aliphatic carbocycles. The molecule has 0 radical (unpaired) electrons. The van der Waals surface area contributed by atoms with Gasteiger partial charge in [-0.05, 0) is 35.9 Å². The highest BCUT2D eigenvalue weighted by Gasteiger charge is 2.09. The first kappa shape index (κ1) is 20.7. The molecule has 1 aromatic heterocycles. The number of carbonyl (C=O) groups excluding carboxylic acids is 2. The molecule has 0 saturated heterocycles. The number of pyridine rings is 1. The van der Waals surface area contributed by atoms with Gasteiger partial charge < -0.3 is 19.5 Å². The molecular weight excluding hydrogens is 386 g/mol. The highest BCUT2D eigenvalue weighted by atomic mass is 35.5. The van der Waals surface area contributed by atoms with Crippen LogP contribution in [-0.2, 0) is 14.3 Å². The van der Waals surface area contributed by atoms with Crippen molar-refractivity contribution in [2.75, 3.05) is 25.6 Å². The van der Waals surface area contributed by atoms with Gasteiger partial charge in [-0.3, -0.25) is 4.79 Å². The quantitative estimate of drug-likeness (QED) is 0.411. The molecule has 0 atom stereocenters. The molecule has 0 saturated carbocycles. The summed E-state index contributed by atoms with van der Waals surface area (Å²) >= 11 is 5.83. The van der Waals surface area contributed by atoms with Crippen molar-refractivity contribution in [3.05, 3.63) is 53.3 Å².